The summed E-state index contributed by atoms with van der Waals surface area (Å²) in [6.45, 7) is 2.74. The molecule has 3 N–H and O–H groups in total. The van der Waals surface area contributed by atoms with Gasteiger partial charge in [0.1, 0.15) is 23.1 Å². The van der Waals surface area contributed by atoms with Crippen LogP contribution in [0.2, 0.25) is 0 Å². The second kappa shape index (κ2) is 9.08. The van der Waals surface area contributed by atoms with Crippen molar-refractivity contribution in [2.24, 2.45) is 0 Å². The number of carbonyl (C=O) groups is 1. The van der Waals surface area contributed by atoms with Crippen molar-refractivity contribution < 1.29 is 9.53 Å². The molecule has 1 heterocycles. The van der Waals surface area contributed by atoms with Gasteiger partial charge in [0.2, 0.25) is 5.78 Å². The van der Waals surface area contributed by atoms with Gasteiger partial charge in [0.05, 0.1) is 0 Å². The summed E-state index contributed by atoms with van der Waals surface area (Å²) in [6.07, 6.45) is 2.40. The number of likely N-dealkylation sites (N-methyl/N-ethyl adjacent to an activating group) is 1. The van der Waals surface area contributed by atoms with Gasteiger partial charge in [0.25, 0.3) is 0 Å². The Morgan fingerprint density at radius 2 is 2.00 bits per heavy atom. The molecule has 1 aliphatic rings. The van der Waals surface area contributed by atoms with E-state index in [1.54, 1.807) is 0 Å². The van der Waals surface area contributed by atoms with Gasteiger partial charge in [-0.3, -0.25) is 4.79 Å². The van der Waals surface area contributed by atoms with Gasteiger partial charge in [-0.05, 0) is 75.7 Å². The van der Waals surface area contributed by atoms with E-state index < -0.39 is 0 Å². The Hall–Kier alpha value is -2.90. The van der Waals surface area contributed by atoms with Gasteiger partial charge < -0.3 is 20.7 Å². The summed E-state index contributed by atoms with van der Waals surface area (Å²) in [7, 11) is 4.06. The van der Waals surface area contributed by atoms with Crippen molar-refractivity contribution in [2.45, 2.75) is 31.7 Å². The molecule has 1 saturated carbocycles. The molecular formula is C24H28N4O2S. The maximum Gasteiger partial charge on any atom is 0.206 e. The minimum absolute atomic E-state index is 0.0793. The zero-order chi connectivity index (χ0) is 22.0. The normalized spacial score (nSPS) is 14.5. The third kappa shape index (κ3) is 5.24. The molecular weight excluding hydrogens is 408 g/mol. The Labute approximate surface area is 187 Å². The van der Waals surface area contributed by atoms with Crippen LogP contribution in [0.3, 0.4) is 0 Å². The monoisotopic (exact) mass is 436 g/mol. The number of hydrogen-bond donors (Lipinski definition) is 2. The van der Waals surface area contributed by atoms with Crippen LogP contribution in [0.1, 0.15) is 46.5 Å². The lowest BCUT2D eigenvalue weighted by Crippen LogP contribution is -2.30. The highest BCUT2D eigenvalue weighted by molar-refractivity contribution is 7.18. The summed E-state index contributed by atoms with van der Waals surface area (Å²) in [4.78, 5) is 19.9. The number of hydrogen-bond acceptors (Lipinski definition) is 7. The maximum atomic E-state index is 13.0. The Morgan fingerprint density at radius 1 is 1.26 bits per heavy atom. The lowest BCUT2D eigenvalue weighted by atomic mass is 10.0. The van der Waals surface area contributed by atoms with Crippen LogP contribution in [0.4, 0.5) is 16.6 Å². The highest BCUT2D eigenvalue weighted by Gasteiger charge is 2.25. The molecule has 1 aliphatic carbocycles. The van der Waals surface area contributed by atoms with Gasteiger partial charge >= 0.3 is 0 Å². The molecule has 0 unspecified atom stereocenters. The molecule has 31 heavy (non-hydrogen) atoms. The first-order valence-corrected chi connectivity index (χ1v) is 11.3. The fraction of sp³-hybridized carbons (Fsp3) is 0.333. The number of benzene rings is 2. The summed E-state index contributed by atoms with van der Waals surface area (Å²) in [6, 6.07) is 15.9. The number of anilines is 3. The van der Waals surface area contributed by atoms with E-state index in [4.69, 9.17) is 10.5 Å². The van der Waals surface area contributed by atoms with Gasteiger partial charge in [-0.2, -0.15) is 0 Å². The van der Waals surface area contributed by atoms with E-state index in [9.17, 15) is 4.79 Å². The van der Waals surface area contributed by atoms with Crippen LogP contribution in [0.25, 0.3) is 0 Å². The highest BCUT2D eigenvalue weighted by Crippen LogP contribution is 2.40. The van der Waals surface area contributed by atoms with Crippen molar-refractivity contribution in [1.82, 2.24) is 9.88 Å². The van der Waals surface area contributed by atoms with E-state index in [0.29, 0.717) is 34.1 Å². The van der Waals surface area contributed by atoms with Crippen LogP contribution >= 0.6 is 11.3 Å². The molecule has 162 valence electrons. The predicted octanol–water partition coefficient (Wildman–Crippen LogP) is 4.91. The standard InChI is InChI=1S/C24H28N4O2S/c1-15(28(2)3)14-30-20-11-9-19(10-12-20)26-24-27-23(25)22(31-24)21(29)18-6-4-5-17(13-18)16-7-8-16/h4-6,9-13,15-16H,7-8,14,25H2,1-3H3,(H,26,27)/t15-/m1/s1. The topological polar surface area (TPSA) is 80.5 Å². The predicted molar refractivity (Wildman–Crippen MR) is 127 cm³/mol. The van der Waals surface area contributed by atoms with E-state index in [0.717, 1.165) is 11.4 Å². The highest BCUT2D eigenvalue weighted by atomic mass is 32.1. The third-order valence-corrected chi connectivity index (χ3v) is 6.52. The first-order valence-electron chi connectivity index (χ1n) is 10.5. The first kappa shape index (κ1) is 21.3. The summed E-state index contributed by atoms with van der Waals surface area (Å²) in [5.74, 6) is 1.59. The number of ketones is 1. The maximum absolute atomic E-state index is 13.0. The summed E-state index contributed by atoms with van der Waals surface area (Å²) in [5, 5.41) is 3.82. The molecule has 0 saturated heterocycles. The van der Waals surface area contributed by atoms with Crippen LogP contribution in [0.15, 0.2) is 48.5 Å². The average Bonchev–Trinajstić information content (AvgIpc) is 3.56. The summed E-state index contributed by atoms with van der Waals surface area (Å²) < 4.78 is 5.82. The van der Waals surface area contributed by atoms with Crippen molar-refractivity contribution in [1.29, 1.82) is 0 Å². The largest absolute Gasteiger partial charge is 0.492 e. The van der Waals surface area contributed by atoms with Gasteiger partial charge in [-0.25, -0.2) is 4.98 Å². The lowest BCUT2D eigenvalue weighted by molar-refractivity contribution is 0.104. The summed E-state index contributed by atoms with van der Waals surface area (Å²) >= 11 is 1.28. The molecule has 1 fully saturated rings. The Bertz CT molecular complexity index is 1060. The van der Waals surface area contributed by atoms with Crippen LogP contribution in [-0.2, 0) is 0 Å². The minimum Gasteiger partial charge on any atom is -0.492 e. The fourth-order valence-electron chi connectivity index (χ4n) is 3.15. The third-order valence-electron chi connectivity index (χ3n) is 5.54. The van der Waals surface area contributed by atoms with Crippen molar-refractivity contribution in [3.63, 3.8) is 0 Å². The van der Waals surface area contributed by atoms with Gasteiger partial charge in [-0.15, -0.1) is 0 Å². The Morgan fingerprint density at radius 3 is 2.68 bits per heavy atom. The lowest BCUT2D eigenvalue weighted by Gasteiger charge is -2.20. The number of nitrogens with two attached hydrogens (primary N) is 1. The number of nitrogen functional groups attached to an aromatic ring is 1. The number of aromatic nitrogens is 1. The molecule has 0 bridgehead atoms. The van der Waals surface area contributed by atoms with E-state index in [-0.39, 0.29) is 11.6 Å². The van der Waals surface area contributed by atoms with Crippen molar-refractivity contribution in [2.75, 3.05) is 31.8 Å². The second-order valence-corrected chi connectivity index (χ2v) is 9.23. The number of thiazole rings is 1. The van der Waals surface area contributed by atoms with E-state index >= 15 is 0 Å². The molecule has 1 atom stereocenters. The van der Waals surface area contributed by atoms with Crippen molar-refractivity contribution in [3.8, 4) is 5.75 Å². The van der Waals surface area contributed by atoms with Crippen LogP contribution in [-0.4, -0.2) is 42.4 Å². The number of carbonyl (C=O) groups excluding carboxylic acids is 1. The molecule has 0 spiro atoms. The van der Waals surface area contributed by atoms with Crippen LogP contribution < -0.4 is 15.8 Å². The quantitative estimate of drug-likeness (QED) is 0.464. The smallest absolute Gasteiger partial charge is 0.206 e. The average molecular weight is 437 g/mol. The zero-order valence-electron chi connectivity index (χ0n) is 18.1. The van der Waals surface area contributed by atoms with E-state index in [2.05, 4.69) is 28.2 Å². The number of nitrogens with zero attached hydrogens (tertiary/aromatic N) is 2. The van der Waals surface area contributed by atoms with Crippen molar-refractivity contribution in [3.05, 3.63) is 64.5 Å². The Kier molecular flexibility index (Phi) is 6.25. The molecule has 0 radical (unpaired) electrons. The van der Waals surface area contributed by atoms with Gasteiger partial charge in [0.15, 0.2) is 5.13 Å². The fourth-order valence-corrected chi connectivity index (χ4v) is 4.02. The molecule has 2 aromatic carbocycles. The second-order valence-electron chi connectivity index (χ2n) is 8.24. The molecule has 3 aromatic rings. The van der Waals surface area contributed by atoms with E-state index in [1.807, 2.05) is 56.6 Å². The summed E-state index contributed by atoms with van der Waals surface area (Å²) in [5.41, 5.74) is 8.83. The number of ether oxygens (including phenoxy) is 1. The van der Waals surface area contributed by atoms with E-state index in [1.165, 1.54) is 29.7 Å². The molecule has 4 rings (SSSR count). The number of rotatable bonds is 9. The number of nitrogens with one attached hydrogen (secondary N) is 1. The molecule has 1 aromatic heterocycles. The molecule has 0 aliphatic heterocycles. The first-order chi connectivity index (χ1) is 14.9. The zero-order valence-corrected chi connectivity index (χ0v) is 18.9. The van der Waals surface area contributed by atoms with Gasteiger partial charge in [0, 0.05) is 17.3 Å². The van der Waals surface area contributed by atoms with Crippen LogP contribution in [0, 0.1) is 0 Å². The van der Waals surface area contributed by atoms with Crippen molar-refractivity contribution >= 4 is 33.8 Å². The SMILES string of the molecule is C[C@H](COc1ccc(Nc2nc(N)c(C(=O)c3cccc(C4CC4)c3)s2)cc1)N(C)C. The minimum atomic E-state index is -0.0793. The molecule has 6 nitrogen and oxygen atoms in total. The molecule has 7 heteroatoms. The van der Waals surface area contributed by atoms with Gasteiger partial charge in [-0.1, -0.05) is 29.5 Å². The Balaban J connectivity index is 1.42. The van der Waals surface area contributed by atoms with Crippen LogP contribution in [0.5, 0.6) is 5.75 Å². The molecule has 0 amide bonds.